The Morgan fingerprint density at radius 3 is 1.47 bits per heavy atom. The molecule has 1 heterocycles. The third-order valence-electron chi connectivity index (χ3n) is 7.34. The molecule has 182 valence electrons. The maximum absolute atomic E-state index is 6.59. The minimum Gasteiger partial charge on any atom is -0.207 e. The van der Waals surface area contributed by atoms with Crippen molar-refractivity contribution in [3.05, 3.63) is 123 Å². The number of aryl methyl sites for hydroxylation is 2. The highest BCUT2D eigenvalue weighted by Gasteiger charge is 2.24. The summed E-state index contributed by atoms with van der Waals surface area (Å²) in [6.45, 7) is 4.31. The summed E-state index contributed by atoms with van der Waals surface area (Å²) < 4.78 is 8.69. The van der Waals surface area contributed by atoms with Crippen LogP contribution < -0.4 is 0 Å². The second-order valence-corrected chi connectivity index (χ2v) is 11.9. The number of hydrogen-bond donors (Lipinski definition) is 0. The van der Waals surface area contributed by atoms with Crippen molar-refractivity contribution >= 4 is 75.3 Å². The molecular formula is C35H23Br2O+. The summed E-state index contributed by atoms with van der Waals surface area (Å²) in [5.74, 6) is 0. The van der Waals surface area contributed by atoms with Crippen LogP contribution in [0.1, 0.15) is 11.1 Å². The van der Waals surface area contributed by atoms with Crippen LogP contribution in [-0.2, 0) is 0 Å². The highest BCUT2D eigenvalue weighted by molar-refractivity contribution is 9.10. The molecule has 0 N–H and O–H groups in total. The summed E-state index contributed by atoms with van der Waals surface area (Å²) in [5, 5.41) is 6.96. The number of benzene rings is 6. The van der Waals surface area contributed by atoms with Gasteiger partial charge in [0.1, 0.15) is 0 Å². The summed E-state index contributed by atoms with van der Waals surface area (Å²) in [7, 11) is 0. The molecule has 0 aliphatic carbocycles. The van der Waals surface area contributed by atoms with Crippen molar-refractivity contribution in [2.24, 2.45) is 0 Å². The van der Waals surface area contributed by atoms with E-state index in [2.05, 4.69) is 149 Å². The fourth-order valence-corrected chi connectivity index (χ4v) is 6.45. The predicted molar refractivity (Wildman–Crippen MR) is 169 cm³/mol. The van der Waals surface area contributed by atoms with Crippen LogP contribution in [0, 0.1) is 13.8 Å². The minimum atomic E-state index is 0.880. The van der Waals surface area contributed by atoms with Gasteiger partial charge in [-0.05, 0) is 77.7 Å². The molecule has 0 amide bonds. The zero-order valence-electron chi connectivity index (χ0n) is 21.0. The van der Waals surface area contributed by atoms with Gasteiger partial charge in [0.2, 0.25) is 0 Å². The Bertz CT molecular complexity index is 1940. The molecule has 1 aromatic heterocycles. The molecule has 0 aliphatic heterocycles. The highest BCUT2D eigenvalue weighted by Crippen LogP contribution is 2.44. The van der Waals surface area contributed by atoms with Gasteiger partial charge < -0.3 is 0 Å². The van der Waals surface area contributed by atoms with E-state index in [-0.39, 0.29) is 0 Å². The summed E-state index contributed by atoms with van der Waals surface area (Å²) in [6.07, 6.45) is 0. The molecule has 38 heavy (non-hydrogen) atoms. The third-order valence-corrected chi connectivity index (χ3v) is 8.33. The molecule has 0 fully saturated rings. The Balaban J connectivity index is 1.61. The lowest BCUT2D eigenvalue weighted by atomic mass is 9.90. The van der Waals surface area contributed by atoms with Crippen molar-refractivity contribution in [1.82, 2.24) is 0 Å². The first-order chi connectivity index (χ1) is 18.4. The van der Waals surface area contributed by atoms with E-state index in [1.807, 2.05) is 0 Å². The molecule has 0 unspecified atom stereocenters. The van der Waals surface area contributed by atoms with Crippen LogP contribution in [0.25, 0.3) is 65.7 Å². The van der Waals surface area contributed by atoms with E-state index >= 15 is 0 Å². The van der Waals surface area contributed by atoms with Gasteiger partial charge in [0.25, 0.3) is 0 Å². The average molecular weight is 619 g/mol. The molecule has 0 radical (unpaired) electrons. The van der Waals surface area contributed by atoms with Gasteiger partial charge in [0.15, 0.2) is 0 Å². The minimum absolute atomic E-state index is 0.880. The largest absolute Gasteiger partial charge is 0.362 e. The van der Waals surface area contributed by atoms with Crippen LogP contribution >= 0.6 is 31.9 Å². The lowest BCUT2D eigenvalue weighted by molar-refractivity contribution is 0.662. The van der Waals surface area contributed by atoms with Crippen LogP contribution in [0.2, 0.25) is 0 Å². The van der Waals surface area contributed by atoms with Gasteiger partial charge >= 0.3 is 11.2 Å². The van der Waals surface area contributed by atoms with Crippen LogP contribution in [0.5, 0.6) is 0 Å². The quantitative estimate of drug-likeness (QED) is 0.106. The normalized spacial score (nSPS) is 11.7. The zero-order chi connectivity index (χ0) is 26.0. The first kappa shape index (κ1) is 23.6. The first-order valence-electron chi connectivity index (χ1n) is 12.6. The van der Waals surface area contributed by atoms with E-state index in [1.165, 1.54) is 54.9 Å². The van der Waals surface area contributed by atoms with E-state index in [0.29, 0.717) is 0 Å². The fraction of sp³-hybridized carbons (Fsp3) is 0.0571. The lowest BCUT2D eigenvalue weighted by Crippen LogP contribution is -1.90. The second kappa shape index (κ2) is 9.04. The second-order valence-electron chi connectivity index (χ2n) is 10.0. The standard InChI is InChI=1S/C35H23Br2O/c1-20-15-21(2)17-26(16-20)22-3-5-25(6-4-22)33-34-29-18-27(36)11-7-23(29)9-13-31(34)38-32-14-10-24-8-12-28(37)19-30(24)35(32)33/h3-19H,1-2H3/q+1. The maximum Gasteiger partial charge on any atom is 0.362 e. The molecule has 0 spiro atoms. The Morgan fingerprint density at radius 2 is 0.947 bits per heavy atom. The fourth-order valence-electron chi connectivity index (χ4n) is 5.73. The summed E-state index contributed by atoms with van der Waals surface area (Å²) in [4.78, 5) is 0. The molecule has 0 atom stereocenters. The van der Waals surface area contributed by atoms with Gasteiger partial charge in [-0.1, -0.05) is 97.6 Å². The average Bonchev–Trinajstić information content (AvgIpc) is 2.91. The monoisotopic (exact) mass is 617 g/mol. The SMILES string of the molecule is Cc1cc(C)cc(-c2ccc(-c3c4c(ccc5ccc(Br)cc54)[o+]c4ccc5ccc(Br)cc5c34)cc2)c1. The maximum atomic E-state index is 6.59. The van der Waals surface area contributed by atoms with Crippen LogP contribution in [0.15, 0.2) is 116 Å². The number of rotatable bonds is 2. The third kappa shape index (κ3) is 3.93. The van der Waals surface area contributed by atoms with E-state index in [1.54, 1.807) is 0 Å². The van der Waals surface area contributed by atoms with E-state index in [0.717, 1.165) is 30.9 Å². The Morgan fingerprint density at radius 1 is 0.474 bits per heavy atom. The van der Waals surface area contributed by atoms with Crippen molar-refractivity contribution < 1.29 is 4.42 Å². The zero-order valence-corrected chi connectivity index (χ0v) is 24.2. The van der Waals surface area contributed by atoms with Crippen molar-refractivity contribution in [3.8, 4) is 22.3 Å². The summed E-state index contributed by atoms with van der Waals surface area (Å²) in [5.41, 5.74) is 9.14. The lowest BCUT2D eigenvalue weighted by Gasteiger charge is -2.12. The smallest absolute Gasteiger partial charge is 0.207 e. The molecular weight excluding hydrogens is 596 g/mol. The number of halogens is 2. The molecule has 0 aliphatic rings. The van der Waals surface area contributed by atoms with Crippen molar-refractivity contribution in [2.45, 2.75) is 13.8 Å². The number of fused-ring (bicyclic) bond motifs is 6. The molecule has 3 heteroatoms. The Labute approximate surface area is 238 Å². The Hall–Kier alpha value is -3.53. The Kier molecular flexibility index (Phi) is 5.61. The predicted octanol–water partition coefficient (Wildman–Crippen LogP) is 11.6. The molecule has 7 aromatic rings. The van der Waals surface area contributed by atoms with Gasteiger partial charge in [-0.25, -0.2) is 4.42 Å². The van der Waals surface area contributed by atoms with Crippen LogP contribution in [-0.4, -0.2) is 0 Å². The topological polar surface area (TPSA) is 11.3 Å². The molecule has 0 saturated carbocycles. The van der Waals surface area contributed by atoms with E-state index in [4.69, 9.17) is 4.42 Å². The van der Waals surface area contributed by atoms with E-state index in [9.17, 15) is 0 Å². The van der Waals surface area contributed by atoms with Crippen molar-refractivity contribution in [1.29, 1.82) is 0 Å². The summed E-state index contributed by atoms with van der Waals surface area (Å²) in [6, 6.07) is 37.1. The van der Waals surface area contributed by atoms with Crippen molar-refractivity contribution in [2.75, 3.05) is 0 Å². The van der Waals surface area contributed by atoms with Crippen molar-refractivity contribution in [3.63, 3.8) is 0 Å². The number of hydrogen-bond acceptors (Lipinski definition) is 0. The van der Waals surface area contributed by atoms with Gasteiger partial charge in [0.05, 0.1) is 10.8 Å². The first-order valence-corrected chi connectivity index (χ1v) is 14.2. The van der Waals surface area contributed by atoms with Gasteiger partial charge in [-0.3, -0.25) is 0 Å². The molecule has 0 saturated heterocycles. The molecule has 1 nitrogen and oxygen atoms in total. The van der Waals surface area contributed by atoms with Crippen LogP contribution in [0.4, 0.5) is 0 Å². The molecule has 0 bridgehead atoms. The van der Waals surface area contributed by atoms with E-state index < -0.39 is 0 Å². The molecule has 7 rings (SSSR count). The highest BCUT2D eigenvalue weighted by atomic mass is 79.9. The molecule has 6 aromatic carbocycles. The van der Waals surface area contributed by atoms with Gasteiger partial charge in [-0.2, -0.15) is 0 Å². The van der Waals surface area contributed by atoms with Crippen LogP contribution in [0.3, 0.4) is 0 Å². The van der Waals surface area contributed by atoms with Gasteiger partial charge in [-0.15, -0.1) is 0 Å². The van der Waals surface area contributed by atoms with Gasteiger partial charge in [0, 0.05) is 37.4 Å². The summed E-state index contributed by atoms with van der Waals surface area (Å²) >= 11 is 7.42.